The largest absolute Gasteiger partial charge is 0.459 e. The normalized spacial score (nSPS) is 37.4. The molecule has 1 rings (SSSR count). The highest BCUT2D eigenvalue weighted by Crippen LogP contribution is 1.83. The van der Waals surface area contributed by atoms with Crippen molar-refractivity contribution < 1.29 is 5.01 Å². The van der Waals surface area contributed by atoms with Gasteiger partial charge in [-0.2, -0.15) is 5.01 Å². The van der Waals surface area contributed by atoms with Gasteiger partial charge >= 0.3 is 5.96 Å². The van der Waals surface area contributed by atoms with Crippen molar-refractivity contribution >= 4 is 5.96 Å². The maximum absolute atomic E-state index is 6.90. The Morgan fingerprint density at radius 3 is 2.50 bits per heavy atom. The third-order valence-corrected chi connectivity index (χ3v) is 1.11. The molecule has 7 N–H and O–H groups in total. The maximum atomic E-state index is 6.90. The maximum Gasteiger partial charge on any atom is 0.309 e. The summed E-state index contributed by atoms with van der Waals surface area (Å²) >= 11 is 0. The number of nitrogens with zero attached hydrogens (tertiary/aromatic N) is 1. The van der Waals surface area contributed by atoms with Crippen LogP contribution in [0.25, 0.3) is 5.84 Å². The van der Waals surface area contributed by atoms with E-state index < -0.39 is 6.29 Å². The van der Waals surface area contributed by atoms with E-state index in [9.17, 15) is 0 Å². The Morgan fingerprint density at radius 1 is 1.88 bits per heavy atom. The average molecular weight is 116 g/mol. The van der Waals surface area contributed by atoms with Crippen LogP contribution in [0.3, 0.4) is 0 Å². The smallest absolute Gasteiger partial charge is 0.309 e. The lowest BCUT2D eigenvalue weighted by Crippen LogP contribution is -3.27. The van der Waals surface area contributed by atoms with Crippen molar-refractivity contribution in [2.45, 2.75) is 6.29 Å². The highest BCUT2D eigenvalue weighted by atomic mass is 15.8. The first kappa shape index (κ1) is 5.45. The predicted octanol–water partition coefficient (Wildman–Crippen LogP) is -2.80. The molecule has 1 fully saturated rings. The molecule has 0 aromatic rings. The number of hydrogen-bond acceptors (Lipinski definition) is 3. The van der Waals surface area contributed by atoms with Crippen LogP contribution in [0.2, 0.25) is 0 Å². The molecule has 0 aromatic carbocycles. The molecule has 0 aromatic heterocycles. The van der Waals surface area contributed by atoms with Crippen LogP contribution in [0.1, 0.15) is 0 Å². The summed E-state index contributed by atoms with van der Waals surface area (Å²) in [5.41, 5.74) is 5.19. The van der Waals surface area contributed by atoms with Crippen LogP contribution >= 0.6 is 0 Å². The summed E-state index contributed by atoms with van der Waals surface area (Å²) in [6, 6.07) is 0. The molecule has 8 heavy (non-hydrogen) atoms. The second kappa shape index (κ2) is 1.39. The van der Waals surface area contributed by atoms with Crippen molar-refractivity contribution in [1.82, 2.24) is 5.01 Å². The minimum atomic E-state index is -0.553. The van der Waals surface area contributed by atoms with Crippen LogP contribution in [0.4, 0.5) is 0 Å². The summed E-state index contributed by atoms with van der Waals surface area (Å²) in [6.07, 6.45) is -0.553. The lowest BCUT2D eigenvalue weighted by atomic mass is 10.5. The van der Waals surface area contributed by atoms with Crippen LogP contribution < -0.4 is 16.6 Å². The zero-order valence-electron chi connectivity index (χ0n) is 4.18. The van der Waals surface area contributed by atoms with Gasteiger partial charge in [-0.25, -0.2) is 11.3 Å². The lowest BCUT2D eigenvalue weighted by Gasteiger charge is -2.43. The Balaban J connectivity index is 2.55. The van der Waals surface area contributed by atoms with E-state index in [1.54, 1.807) is 0 Å². The Bertz CT molecular complexity index is 108. The fourth-order valence-corrected chi connectivity index (χ4v) is 0.491. The van der Waals surface area contributed by atoms with Gasteiger partial charge in [0.2, 0.25) is 6.29 Å². The van der Waals surface area contributed by atoms with Crippen molar-refractivity contribution in [1.29, 1.82) is 5.41 Å². The summed E-state index contributed by atoms with van der Waals surface area (Å²) in [7, 11) is 0. The van der Waals surface area contributed by atoms with Crippen LogP contribution in [0.15, 0.2) is 0 Å². The van der Waals surface area contributed by atoms with Gasteiger partial charge < -0.3 is 10.9 Å². The Kier molecular flexibility index (Phi) is 0.947. The summed E-state index contributed by atoms with van der Waals surface area (Å²) in [4.78, 5) is 0. The molecule has 0 radical (unpaired) electrons. The van der Waals surface area contributed by atoms with Crippen LogP contribution in [-0.2, 0) is 0 Å². The first-order valence-electron chi connectivity index (χ1n) is 2.11. The highest BCUT2D eigenvalue weighted by molar-refractivity contribution is 5.70. The molecule has 6 heteroatoms. The third kappa shape index (κ3) is 0.421. The molecule has 46 valence electrons. The Morgan fingerprint density at radius 2 is 2.38 bits per heavy atom. The predicted molar refractivity (Wildman–Crippen MR) is 27.0 cm³/mol. The lowest BCUT2D eigenvalue weighted by molar-refractivity contribution is -0.845. The van der Waals surface area contributed by atoms with Gasteiger partial charge in [0.15, 0.2) is 0 Å². The number of hydrogen-bond donors (Lipinski definition) is 4. The molecular weight excluding hydrogens is 108 g/mol. The van der Waals surface area contributed by atoms with E-state index in [4.69, 9.17) is 22.8 Å². The van der Waals surface area contributed by atoms with E-state index in [-0.39, 0.29) is 11.0 Å². The van der Waals surface area contributed by atoms with Crippen LogP contribution in [0.5, 0.6) is 0 Å². The fourth-order valence-electron chi connectivity index (χ4n) is 0.491. The number of nitrogens with one attached hydrogen (secondary N) is 3. The molecule has 0 saturated carbocycles. The SMILES string of the molecule is N=C1N(N)C(N)[NH+]1[NH-]. The van der Waals surface area contributed by atoms with Crippen molar-refractivity contribution in [3.05, 3.63) is 5.84 Å². The standard InChI is InChI=1S/C2H8N6/c3-1-7(5)2(4)8(1)6/h1,4-5,7H,3,6H2. The zero-order chi connectivity index (χ0) is 6.31. The molecule has 1 aliphatic heterocycles. The third-order valence-electron chi connectivity index (χ3n) is 1.11. The van der Waals surface area contributed by atoms with E-state index in [1.807, 2.05) is 0 Å². The molecule has 0 amide bonds. The highest BCUT2D eigenvalue weighted by Gasteiger charge is 2.36. The van der Waals surface area contributed by atoms with Gasteiger partial charge in [-0.3, -0.25) is 5.73 Å². The molecule has 0 aliphatic carbocycles. The van der Waals surface area contributed by atoms with Crippen LogP contribution in [-0.4, -0.2) is 17.3 Å². The van der Waals surface area contributed by atoms with Gasteiger partial charge in [0, 0.05) is 0 Å². The van der Waals surface area contributed by atoms with Crippen LogP contribution in [0, 0.1) is 5.41 Å². The molecule has 0 bridgehead atoms. The van der Waals surface area contributed by atoms with Crippen molar-refractivity contribution in [2.75, 3.05) is 0 Å². The topological polar surface area (TPSA) is 107 Å². The average Bonchev–Trinajstić information content (AvgIpc) is 1.83. The number of guanidine groups is 1. The molecule has 2 unspecified atom stereocenters. The minimum Gasteiger partial charge on any atom is -0.459 e. The summed E-state index contributed by atoms with van der Waals surface area (Å²) in [6.45, 7) is 0. The zero-order valence-corrected chi connectivity index (χ0v) is 4.18. The number of rotatable bonds is 0. The molecule has 2 atom stereocenters. The van der Waals surface area contributed by atoms with Gasteiger partial charge in [0.1, 0.15) is 0 Å². The molecule has 6 nitrogen and oxygen atoms in total. The minimum absolute atomic E-state index is 0.0116. The molecule has 1 aliphatic rings. The van der Waals surface area contributed by atoms with E-state index in [1.165, 1.54) is 0 Å². The van der Waals surface area contributed by atoms with E-state index in [0.29, 0.717) is 0 Å². The summed E-state index contributed by atoms with van der Waals surface area (Å²) < 4.78 is 0. The van der Waals surface area contributed by atoms with Gasteiger partial charge in [-0.1, -0.05) is 0 Å². The van der Waals surface area contributed by atoms with Gasteiger partial charge in [0.25, 0.3) is 0 Å². The van der Waals surface area contributed by atoms with Crippen molar-refractivity contribution in [3.8, 4) is 0 Å². The van der Waals surface area contributed by atoms with Crippen molar-refractivity contribution in [2.24, 2.45) is 11.6 Å². The van der Waals surface area contributed by atoms with E-state index in [0.717, 1.165) is 5.01 Å². The molecular formula is C2H8N6. The Hall–Kier alpha value is -0.690. The molecule has 0 spiro atoms. The Labute approximate surface area is 46.3 Å². The van der Waals surface area contributed by atoms with Gasteiger partial charge in [0.05, 0.1) is 0 Å². The fraction of sp³-hybridized carbons (Fsp3) is 0.500. The second-order valence-corrected chi connectivity index (χ2v) is 1.61. The second-order valence-electron chi connectivity index (χ2n) is 1.61. The quantitative estimate of drug-likeness (QED) is 0.257. The van der Waals surface area contributed by atoms with E-state index >= 15 is 0 Å². The first-order chi connectivity index (χ1) is 3.64. The number of quaternary nitrogens is 1. The van der Waals surface area contributed by atoms with Gasteiger partial charge in [-0.15, -0.1) is 0 Å². The number of hydrazine groups is 1. The molecule has 1 heterocycles. The van der Waals surface area contributed by atoms with E-state index in [2.05, 4.69) is 0 Å². The summed E-state index contributed by atoms with van der Waals surface area (Å²) in [5.74, 6) is 12.0. The molecule has 1 saturated heterocycles. The van der Waals surface area contributed by atoms with Gasteiger partial charge in [-0.05, 0) is 0 Å². The number of nitrogens with two attached hydrogens (primary N) is 2. The summed E-state index contributed by atoms with van der Waals surface area (Å²) in [5, 5.41) is 8.02. The van der Waals surface area contributed by atoms with Crippen molar-refractivity contribution in [3.63, 3.8) is 0 Å². The monoisotopic (exact) mass is 116 g/mol. The first-order valence-corrected chi connectivity index (χ1v) is 2.11.